The van der Waals surface area contributed by atoms with E-state index in [0.29, 0.717) is 18.1 Å². The van der Waals surface area contributed by atoms with Gasteiger partial charge >= 0.3 is 5.97 Å². The summed E-state index contributed by atoms with van der Waals surface area (Å²) in [7, 11) is 0. The van der Waals surface area contributed by atoms with E-state index in [2.05, 4.69) is 5.32 Å². The smallest absolute Gasteiger partial charge is 0.344 e. The van der Waals surface area contributed by atoms with Crippen molar-refractivity contribution in [2.24, 2.45) is 0 Å². The molecule has 0 aromatic heterocycles. The zero-order valence-corrected chi connectivity index (χ0v) is 15.4. The number of nitrogens with one attached hydrogen (secondary N) is 1. The summed E-state index contributed by atoms with van der Waals surface area (Å²) in [5, 5.41) is 13.3. The second-order valence-corrected chi connectivity index (χ2v) is 5.59. The lowest BCUT2D eigenvalue weighted by Crippen LogP contribution is -2.31. The zero-order valence-electron chi connectivity index (χ0n) is 15.4. The van der Waals surface area contributed by atoms with Gasteiger partial charge in [0.15, 0.2) is 12.7 Å². The summed E-state index contributed by atoms with van der Waals surface area (Å²) in [6.07, 6.45) is -1.16. The van der Waals surface area contributed by atoms with Crippen LogP contribution in [-0.2, 0) is 14.3 Å². The highest BCUT2D eigenvalue weighted by atomic mass is 16.6. The normalized spacial score (nSPS) is 11.2. The van der Waals surface area contributed by atoms with Crippen LogP contribution in [0.2, 0.25) is 0 Å². The SMILES string of the molecule is CCOc1ccc(OCC(=O)OC(C)C(=O)Nc2ccccc2[N+](=O)[O-])cc1. The molecule has 0 spiro atoms. The molecule has 2 aromatic rings. The Hall–Kier alpha value is -3.62. The molecule has 0 heterocycles. The maximum absolute atomic E-state index is 12.1. The van der Waals surface area contributed by atoms with Crippen LogP contribution < -0.4 is 14.8 Å². The lowest BCUT2D eigenvalue weighted by Gasteiger charge is -2.14. The molecule has 0 aliphatic carbocycles. The number of carbonyl (C=O) groups excluding carboxylic acids is 2. The highest BCUT2D eigenvalue weighted by Gasteiger charge is 2.21. The van der Waals surface area contributed by atoms with E-state index in [0.717, 1.165) is 0 Å². The first-order valence-electron chi connectivity index (χ1n) is 8.50. The summed E-state index contributed by atoms with van der Waals surface area (Å²) >= 11 is 0. The van der Waals surface area contributed by atoms with Crippen molar-refractivity contribution < 1.29 is 28.7 Å². The quantitative estimate of drug-likeness (QED) is 0.399. The number of nitro groups is 1. The zero-order chi connectivity index (χ0) is 20.5. The van der Waals surface area contributed by atoms with Gasteiger partial charge in [-0.25, -0.2) is 4.79 Å². The topological polar surface area (TPSA) is 117 Å². The lowest BCUT2D eigenvalue weighted by molar-refractivity contribution is -0.383. The number of nitro benzene ring substituents is 1. The van der Waals surface area contributed by atoms with Crippen LogP contribution in [0.1, 0.15) is 13.8 Å². The van der Waals surface area contributed by atoms with Gasteiger partial charge in [-0.3, -0.25) is 14.9 Å². The number of hydrogen-bond acceptors (Lipinski definition) is 7. The number of rotatable bonds is 9. The largest absolute Gasteiger partial charge is 0.494 e. The highest BCUT2D eigenvalue weighted by Crippen LogP contribution is 2.23. The van der Waals surface area contributed by atoms with Crippen LogP contribution >= 0.6 is 0 Å². The Morgan fingerprint density at radius 3 is 2.29 bits per heavy atom. The standard InChI is InChI=1S/C19H20N2O7/c1-3-26-14-8-10-15(11-9-14)27-12-18(22)28-13(2)19(23)20-16-6-4-5-7-17(16)21(24)25/h4-11,13H,3,12H2,1-2H3,(H,20,23). The van der Waals surface area contributed by atoms with Gasteiger partial charge in [-0.15, -0.1) is 0 Å². The summed E-state index contributed by atoms with van der Waals surface area (Å²) in [5.74, 6) is -0.321. The van der Waals surface area contributed by atoms with Gasteiger partial charge in [-0.1, -0.05) is 12.1 Å². The molecule has 1 amide bonds. The minimum atomic E-state index is -1.16. The number of nitrogens with zero attached hydrogens (tertiary/aromatic N) is 1. The van der Waals surface area contributed by atoms with Crippen LogP contribution in [0.5, 0.6) is 11.5 Å². The molecule has 9 heteroatoms. The second kappa shape index (κ2) is 9.91. The van der Waals surface area contributed by atoms with Gasteiger partial charge in [-0.05, 0) is 44.2 Å². The predicted octanol–water partition coefficient (Wildman–Crippen LogP) is 2.94. The molecule has 28 heavy (non-hydrogen) atoms. The molecule has 2 aromatic carbocycles. The lowest BCUT2D eigenvalue weighted by atomic mass is 10.2. The minimum absolute atomic E-state index is 0.0195. The van der Waals surface area contributed by atoms with Crippen LogP contribution in [0.25, 0.3) is 0 Å². The summed E-state index contributed by atoms with van der Waals surface area (Å²) in [6, 6.07) is 12.4. The van der Waals surface area contributed by atoms with E-state index in [9.17, 15) is 19.7 Å². The number of hydrogen-bond donors (Lipinski definition) is 1. The van der Waals surface area contributed by atoms with Crippen LogP contribution in [0.4, 0.5) is 11.4 Å². The fraction of sp³-hybridized carbons (Fsp3) is 0.263. The van der Waals surface area contributed by atoms with Gasteiger partial charge in [-0.2, -0.15) is 0 Å². The van der Waals surface area contributed by atoms with E-state index in [-0.39, 0.29) is 11.4 Å². The van der Waals surface area contributed by atoms with Gasteiger partial charge in [0.25, 0.3) is 11.6 Å². The third-order valence-electron chi connectivity index (χ3n) is 3.53. The molecule has 0 saturated carbocycles. The van der Waals surface area contributed by atoms with Crippen molar-refractivity contribution in [1.82, 2.24) is 0 Å². The molecule has 0 aliphatic rings. The highest BCUT2D eigenvalue weighted by molar-refractivity contribution is 5.96. The molecule has 1 atom stereocenters. The van der Waals surface area contributed by atoms with E-state index in [1.807, 2.05) is 6.92 Å². The molecule has 1 unspecified atom stereocenters. The average molecular weight is 388 g/mol. The Balaban J connectivity index is 1.84. The van der Waals surface area contributed by atoms with Crippen molar-refractivity contribution in [2.75, 3.05) is 18.5 Å². The van der Waals surface area contributed by atoms with E-state index in [4.69, 9.17) is 14.2 Å². The maximum atomic E-state index is 12.1. The Kier molecular flexibility index (Phi) is 7.32. The first-order valence-corrected chi connectivity index (χ1v) is 8.50. The molecule has 2 rings (SSSR count). The molecule has 9 nitrogen and oxygen atoms in total. The fourth-order valence-electron chi connectivity index (χ4n) is 2.20. The van der Waals surface area contributed by atoms with E-state index >= 15 is 0 Å². The second-order valence-electron chi connectivity index (χ2n) is 5.59. The summed E-state index contributed by atoms with van der Waals surface area (Å²) < 4.78 is 15.6. The van der Waals surface area contributed by atoms with Gasteiger partial charge in [0, 0.05) is 6.07 Å². The number of ether oxygens (including phenoxy) is 3. The Labute approximate surface area is 161 Å². The Morgan fingerprint density at radius 2 is 1.68 bits per heavy atom. The first kappa shape index (κ1) is 20.7. The molecule has 0 aliphatic heterocycles. The summed E-state index contributed by atoms with van der Waals surface area (Å²) in [6.45, 7) is 3.38. The Bertz CT molecular complexity index is 836. The molecule has 0 fully saturated rings. The average Bonchev–Trinajstić information content (AvgIpc) is 2.68. The van der Waals surface area contributed by atoms with Gasteiger partial charge in [0.2, 0.25) is 0 Å². The van der Waals surface area contributed by atoms with Gasteiger partial charge in [0.05, 0.1) is 11.5 Å². The number of anilines is 1. The molecule has 0 saturated heterocycles. The monoisotopic (exact) mass is 388 g/mol. The number of amides is 1. The number of carbonyl (C=O) groups is 2. The van der Waals surface area contributed by atoms with Crippen molar-refractivity contribution in [3.63, 3.8) is 0 Å². The predicted molar refractivity (Wildman–Crippen MR) is 100 cm³/mol. The third-order valence-corrected chi connectivity index (χ3v) is 3.53. The number of benzene rings is 2. The third kappa shape index (κ3) is 5.97. The van der Waals surface area contributed by atoms with E-state index < -0.39 is 29.5 Å². The number of esters is 1. The van der Waals surface area contributed by atoms with Crippen LogP contribution in [-0.4, -0.2) is 36.1 Å². The molecule has 1 N–H and O–H groups in total. The van der Waals surface area contributed by atoms with Gasteiger partial charge < -0.3 is 19.5 Å². The van der Waals surface area contributed by atoms with Crippen LogP contribution in [0.3, 0.4) is 0 Å². The van der Waals surface area contributed by atoms with Crippen molar-refractivity contribution >= 4 is 23.3 Å². The number of para-hydroxylation sites is 2. The summed E-state index contributed by atoms with van der Waals surface area (Å²) in [5.41, 5.74) is -0.237. The van der Waals surface area contributed by atoms with Crippen LogP contribution in [0, 0.1) is 10.1 Å². The minimum Gasteiger partial charge on any atom is -0.494 e. The van der Waals surface area contributed by atoms with Crippen molar-refractivity contribution in [3.8, 4) is 11.5 Å². The molecule has 0 bridgehead atoms. The first-order chi connectivity index (χ1) is 13.4. The van der Waals surface area contributed by atoms with E-state index in [1.54, 1.807) is 30.3 Å². The Morgan fingerprint density at radius 1 is 1.07 bits per heavy atom. The molecular formula is C19H20N2O7. The maximum Gasteiger partial charge on any atom is 0.344 e. The molecule has 148 valence electrons. The van der Waals surface area contributed by atoms with Crippen molar-refractivity contribution in [3.05, 3.63) is 58.6 Å². The molecule has 0 radical (unpaired) electrons. The fourth-order valence-corrected chi connectivity index (χ4v) is 2.20. The van der Waals surface area contributed by atoms with Crippen molar-refractivity contribution in [1.29, 1.82) is 0 Å². The molecular weight excluding hydrogens is 368 g/mol. The van der Waals surface area contributed by atoms with Gasteiger partial charge in [0.1, 0.15) is 17.2 Å². The van der Waals surface area contributed by atoms with Crippen molar-refractivity contribution in [2.45, 2.75) is 20.0 Å². The summed E-state index contributed by atoms with van der Waals surface area (Å²) in [4.78, 5) is 34.4. The van der Waals surface area contributed by atoms with Crippen LogP contribution in [0.15, 0.2) is 48.5 Å². The van der Waals surface area contributed by atoms with E-state index in [1.165, 1.54) is 25.1 Å².